The van der Waals surface area contributed by atoms with Gasteiger partial charge in [-0.2, -0.15) is 0 Å². The number of hydrogen-bond acceptors (Lipinski definition) is 3. The molecule has 19 heavy (non-hydrogen) atoms. The summed E-state index contributed by atoms with van der Waals surface area (Å²) >= 11 is 0. The van der Waals surface area contributed by atoms with E-state index < -0.39 is 0 Å². The van der Waals surface area contributed by atoms with Crippen molar-refractivity contribution in [2.45, 2.75) is 19.9 Å². The van der Waals surface area contributed by atoms with Gasteiger partial charge in [-0.05, 0) is 37.6 Å². The summed E-state index contributed by atoms with van der Waals surface area (Å²) in [5.74, 6) is 1.48. The summed E-state index contributed by atoms with van der Waals surface area (Å²) in [6, 6.07) is 5.85. The van der Waals surface area contributed by atoms with Gasteiger partial charge in [-0.25, -0.2) is 0 Å². The number of carbonyl (C=O) groups excluding carboxylic acids is 1. The standard InChI is InChI=1S/C15H19NO3/c1-11(2)16(3)15(17)7-5-12-4-6-13-14(10-12)19-9-8-18-13/h4-7,10-11H,8-9H2,1-3H3/b7-5+. The fourth-order valence-electron chi connectivity index (χ4n) is 1.70. The maximum atomic E-state index is 11.8. The van der Waals surface area contributed by atoms with E-state index in [1.54, 1.807) is 24.1 Å². The van der Waals surface area contributed by atoms with E-state index in [1.165, 1.54) is 0 Å². The van der Waals surface area contributed by atoms with Crippen LogP contribution >= 0.6 is 0 Å². The van der Waals surface area contributed by atoms with Crippen molar-refractivity contribution in [2.75, 3.05) is 20.3 Å². The van der Waals surface area contributed by atoms with Gasteiger partial charge in [0.1, 0.15) is 13.2 Å². The first kappa shape index (κ1) is 13.5. The Labute approximate surface area is 113 Å². The predicted octanol–water partition coefficient (Wildman–Crippen LogP) is 2.34. The van der Waals surface area contributed by atoms with Crippen LogP contribution in [0.1, 0.15) is 19.4 Å². The third-order valence-electron chi connectivity index (χ3n) is 3.11. The van der Waals surface area contributed by atoms with E-state index in [0.29, 0.717) is 13.2 Å². The number of fused-ring (bicyclic) bond motifs is 1. The number of nitrogens with zero attached hydrogens (tertiary/aromatic N) is 1. The monoisotopic (exact) mass is 261 g/mol. The summed E-state index contributed by atoms with van der Waals surface area (Å²) < 4.78 is 11.0. The van der Waals surface area contributed by atoms with Gasteiger partial charge in [0, 0.05) is 19.2 Å². The zero-order chi connectivity index (χ0) is 13.8. The Balaban J connectivity index is 2.09. The summed E-state index contributed by atoms with van der Waals surface area (Å²) in [4.78, 5) is 13.5. The van der Waals surface area contributed by atoms with Gasteiger partial charge in [0.05, 0.1) is 0 Å². The fourth-order valence-corrected chi connectivity index (χ4v) is 1.70. The summed E-state index contributed by atoms with van der Waals surface area (Å²) in [7, 11) is 1.79. The largest absolute Gasteiger partial charge is 0.486 e. The molecule has 4 nitrogen and oxygen atoms in total. The molecule has 0 saturated heterocycles. The molecule has 1 aliphatic rings. The number of ether oxygens (including phenoxy) is 2. The average Bonchev–Trinajstić information content (AvgIpc) is 2.43. The molecule has 0 fully saturated rings. The predicted molar refractivity (Wildman–Crippen MR) is 74.4 cm³/mol. The number of benzene rings is 1. The molecule has 0 unspecified atom stereocenters. The molecular formula is C15H19NO3. The SMILES string of the molecule is CC(C)N(C)C(=O)/C=C/c1ccc2c(c1)OCCO2. The van der Waals surface area contributed by atoms with Gasteiger partial charge in [0.25, 0.3) is 0 Å². The van der Waals surface area contributed by atoms with Crippen molar-refractivity contribution in [1.29, 1.82) is 0 Å². The lowest BCUT2D eigenvalue weighted by Gasteiger charge is -2.19. The Hall–Kier alpha value is -1.97. The van der Waals surface area contributed by atoms with Crippen LogP contribution in [0, 0.1) is 0 Å². The molecule has 0 N–H and O–H groups in total. The van der Waals surface area contributed by atoms with Crippen molar-refractivity contribution in [1.82, 2.24) is 4.90 Å². The Morgan fingerprint density at radius 2 is 1.95 bits per heavy atom. The number of hydrogen-bond donors (Lipinski definition) is 0. The van der Waals surface area contributed by atoms with E-state index in [9.17, 15) is 4.79 Å². The minimum Gasteiger partial charge on any atom is -0.486 e. The minimum atomic E-state index is -0.00936. The van der Waals surface area contributed by atoms with Crippen molar-refractivity contribution in [3.05, 3.63) is 29.8 Å². The highest BCUT2D eigenvalue weighted by Gasteiger charge is 2.11. The van der Waals surface area contributed by atoms with Crippen LogP contribution in [0.3, 0.4) is 0 Å². The average molecular weight is 261 g/mol. The molecule has 1 heterocycles. The highest BCUT2D eigenvalue weighted by atomic mass is 16.6. The molecule has 1 amide bonds. The summed E-state index contributed by atoms with van der Waals surface area (Å²) in [5.41, 5.74) is 0.926. The second-order valence-electron chi connectivity index (χ2n) is 4.78. The second kappa shape index (κ2) is 5.78. The van der Waals surface area contributed by atoms with Crippen LogP contribution in [-0.2, 0) is 4.79 Å². The van der Waals surface area contributed by atoms with Gasteiger partial charge in [-0.1, -0.05) is 6.07 Å². The first-order valence-electron chi connectivity index (χ1n) is 6.42. The topological polar surface area (TPSA) is 38.8 Å². The van der Waals surface area contributed by atoms with Gasteiger partial charge >= 0.3 is 0 Å². The fraction of sp³-hybridized carbons (Fsp3) is 0.400. The van der Waals surface area contributed by atoms with Gasteiger partial charge in [0.2, 0.25) is 5.91 Å². The van der Waals surface area contributed by atoms with Crippen molar-refractivity contribution in [3.8, 4) is 11.5 Å². The molecule has 0 aromatic heterocycles. The third kappa shape index (κ3) is 3.28. The van der Waals surface area contributed by atoms with E-state index in [0.717, 1.165) is 17.1 Å². The minimum absolute atomic E-state index is 0.00936. The summed E-state index contributed by atoms with van der Waals surface area (Å²) in [6.45, 7) is 5.11. The quantitative estimate of drug-likeness (QED) is 0.784. The number of rotatable bonds is 3. The molecule has 0 bridgehead atoms. The highest BCUT2D eigenvalue weighted by Crippen LogP contribution is 2.31. The zero-order valence-corrected chi connectivity index (χ0v) is 11.6. The van der Waals surface area contributed by atoms with Crippen molar-refractivity contribution in [2.24, 2.45) is 0 Å². The summed E-state index contributed by atoms with van der Waals surface area (Å²) in [5, 5.41) is 0. The van der Waals surface area contributed by atoms with E-state index in [2.05, 4.69) is 0 Å². The first-order valence-corrected chi connectivity index (χ1v) is 6.42. The van der Waals surface area contributed by atoms with Crippen LogP contribution in [0.4, 0.5) is 0 Å². The maximum absolute atomic E-state index is 11.8. The Bertz CT molecular complexity index is 494. The molecule has 0 spiro atoms. The van der Waals surface area contributed by atoms with E-state index >= 15 is 0 Å². The lowest BCUT2D eigenvalue weighted by molar-refractivity contribution is -0.126. The molecule has 0 radical (unpaired) electrons. The molecule has 0 atom stereocenters. The number of carbonyl (C=O) groups is 1. The van der Waals surface area contributed by atoms with Crippen molar-refractivity contribution < 1.29 is 14.3 Å². The maximum Gasteiger partial charge on any atom is 0.246 e. The second-order valence-corrected chi connectivity index (χ2v) is 4.78. The third-order valence-corrected chi connectivity index (χ3v) is 3.11. The molecular weight excluding hydrogens is 242 g/mol. The highest BCUT2D eigenvalue weighted by molar-refractivity contribution is 5.91. The number of likely N-dealkylation sites (N-methyl/N-ethyl adjacent to an activating group) is 1. The van der Waals surface area contributed by atoms with E-state index in [-0.39, 0.29) is 11.9 Å². The van der Waals surface area contributed by atoms with Gasteiger partial charge in [-0.3, -0.25) is 4.79 Å². The number of amides is 1. The lowest BCUT2D eigenvalue weighted by Crippen LogP contribution is -2.31. The van der Waals surface area contributed by atoms with E-state index in [4.69, 9.17) is 9.47 Å². The van der Waals surface area contributed by atoms with Crippen LogP contribution in [0.15, 0.2) is 24.3 Å². The van der Waals surface area contributed by atoms with Crippen molar-refractivity contribution in [3.63, 3.8) is 0 Å². The molecule has 1 aliphatic heterocycles. The molecule has 102 valence electrons. The molecule has 0 aliphatic carbocycles. The van der Waals surface area contributed by atoms with Gasteiger partial charge < -0.3 is 14.4 Å². The Kier molecular flexibility index (Phi) is 4.10. The Morgan fingerprint density at radius 1 is 1.26 bits per heavy atom. The Morgan fingerprint density at radius 3 is 2.63 bits per heavy atom. The van der Waals surface area contributed by atoms with Crippen LogP contribution in [0.25, 0.3) is 6.08 Å². The molecule has 1 aromatic carbocycles. The van der Waals surface area contributed by atoms with Gasteiger partial charge in [0.15, 0.2) is 11.5 Å². The van der Waals surface area contributed by atoms with Crippen LogP contribution < -0.4 is 9.47 Å². The first-order chi connectivity index (χ1) is 9.08. The molecule has 2 rings (SSSR count). The smallest absolute Gasteiger partial charge is 0.246 e. The van der Waals surface area contributed by atoms with Gasteiger partial charge in [-0.15, -0.1) is 0 Å². The molecule has 0 saturated carbocycles. The summed E-state index contributed by atoms with van der Waals surface area (Å²) in [6.07, 6.45) is 3.37. The zero-order valence-electron chi connectivity index (χ0n) is 11.6. The molecule has 4 heteroatoms. The normalized spacial score (nSPS) is 13.9. The van der Waals surface area contributed by atoms with Crippen LogP contribution in [-0.4, -0.2) is 37.1 Å². The lowest BCUT2D eigenvalue weighted by atomic mass is 10.1. The van der Waals surface area contributed by atoms with Crippen LogP contribution in [0.5, 0.6) is 11.5 Å². The van der Waals surface area contributed by atoms with Crippen molar-refractivity contribution >= 4 is 12.0 Å². The van der Waals surface area contributed by atoms with E-state index in [1.807, 2.05) is 32.0 Å². The van der Waals surface area contributed by atoms with Crippen LogP contribution in [0.2, 0.25) is 0 Å². The molecule has 1 aromatic rings.